The van der Waals surface area contributed by atoms with Crippen LogP contribution in [0.3, 0.4) is 0 Å². The maximum Gasteiger partial charge on any atom is 0.242 e. The van der Waals surface area contributed by atoms with Gasteiger partial charge in [0.15, 0.2) is 6.29 Å². The van der Waals surface area contributed by atoms with Gasteiger partial charge in [-0.15, -0.1) is 0 Å². The number of carbonyl (C=O) groups excluding carboxylic acids is 1. The Balaban J connectivity index is 4.59. The Bertz CT molecular complexity index is 471. The van der Waals surface area contributed by atoms with E-state index in [1.807, 2.05) is 6.92 Å². The first-order valence-corrected chi connectivity index (χ1v) is 9.48. The minimum atomic E-state index is -1.47. The fraction of sp³-hybridized carbons (Fsp3) is 0.833. The maximum absolute atomic E-state index is 11.2. The molecule has 0 aliphatic heterocycles. The van der Waals surface area contributed by atoms with E-state index in [-0.39, 0.29) is 12.8 Å². The van der Waals surface area contributed by atoms with Gasteiger partial charge in [-0.3, -0.25) is 25.0 Å². The summed E-state index contributed by atoms with van der Waals surface area (Å²) >= 11 is 0. The Morgan fingerprint density at radius 3 is 2.15 bits per heavy atom. The molecule has 4 unspecified atom stereocenters. The van der Waals surface area contributed by atoms with Crippen LogP contribution < -0.4 is 0 Å². The highest BCUT2D eigenvalue weighted by Crippen LogP contribution is 2.17. The SMILES string of the molecule is CCCCCC(C(O)CC(O)C(C/C=C\CCCC[C]=O)[N+](=O)[O-])[N+](=O)[O-]. The van der Waals surface area contributed by atoms with Crippen LogP contribution in [0.25, 0.3) is 0 Å². The molecular formula is C18H31N2O7. The third-order valence-corrected chi connectivity index (χ3v) is 4.46. The first-order chi connectivity index (χ1) is 12.8. The molecule has 0 aliphatic carbocycles. The Morgan fingerprint density at radius 2 is 1.59 bits per heavy atom. The molecular weight excluding hydrogens is 356 g/mol. The molecule has 0 fully saturated rings. The van der Waals surface area contributed by atoms with Gasteiger partial charge < -0.3 is 10.2 Å². The monoisotopic (exact) mass is 387 g/mol. The van der Waals surface area contributed by atoms with Crippen LogP contribution in [0, 0.1) is 20.2 Å². The predicted molar refractivity (Wildman–Crippen MR) is 100 cm³/mol. The fourth-order valence-corrected chi connectivity index (χ4v) is 2.80. The van der Waals surface area contributed by atoms with Gasteiger partial charge in [-0.1, -0.05) is 31.9 Å². The van der Waals surface area contributed by atoms with E-state index in [1.54, 1.807) is 18.4 Å². The van der Waals surface area contributed by atoms with Gasteiger partial charge in [0.05, 0.1) is 0 Å². The number of aliphatic hydroxyl groups excluding tert-OH is 2. The van der Waals surface area contributed by atoms with E-state index in [2.05, 4.69) is 0 Å². The molecule has 1 radical (unpaired) electrons. The van der Waals surface area contributed by atoms with Crippen molar-refractivity contribution in [2.45, 2.75) is 95.4 Å². The van der Waals surface area contributed by atoms with Gasteiger partial charge in [0.1, 0.15) is 12.2 Å². The number of aliphatic hydroxyl groups is 2. The Labute approximate surface area is 159 Å². The molecule has 0 aromatic carbocycles. The maximum atomic E-state index is 11.2. The number of nitro groups is 2. The molecule has 0 aliphatic rings. The minimum absolute atomic E-state index is 0.0281. The van der Waals surface area contributed by atoms with Crippen molar-refractivity contribution in [3.05, 3.63) is 32.4 Å². The normalized spacial score (nSPS) is 16.0. The fourth-order valence-electron chi connectivity index (χ4n) is 2.80. The number of allylic oxidation sites excluding steroid dienone is 1. The summed E-state index contributed by atoms with van der Waals surface area (Å²) in [5.41, 5.74) is 0. The second-order valence-electron chi connectivity index (χ2n) is 6.67. The average molecular weight is 387 g/mol. The molecule has 0 amide bonds. The lowest BCUT2D eigenvalue weighted by Crippen LogP contribution is -2.41. The number of hydrogen-bond donors (Lipinski definition) is 2. The van der Waals surface area contributed by atoms with E-state index in [0.29, 0.717) is 25.7 Å². The molecule has 27 heavy (non-hydrogen) atoms. The lowest BCUT2D eigenvalue weighted by atomic mass is 9.95. The lowest BCUT2D eigenvalue weighted by molar-refractivity contribution is -0.543. The van der Waals surface area contributed by atoms with Crippen LogP contribution in [0.1, 0.15) is 71.1 Å². The molecule has 0 saturated heterocycles. The molecule has 0 bridgehead atoms. The van der Waals surface area contributed by atoms with Gasteiger partial charge in [-0.2, -0.15) is 0 Å². The molecule has 2 N–H and O–H groups in total. The molecule has 0 heterocycles. The van der Waals surface area contributed by atoms with Crippen molar-refractivity contribution in [2.24, 2.45) is 0 Å². The highest BCUT2D eigenvalue weighted by atomic mass is 16.6. The van der Waals surface area contributed by atoms with Gasteiger partial charge in [0, 0.05) is 35.5 Å². The van der Waals surface area contributed by atoms with Gasteiger partial charge in [-0.05, 0) is 25.7 Å². The Morgan fingerprint density at radius 1 is 0.963 bits per heavy atom. The molecule has 9 heteroatoms. The molecule has 0 aromatic heterocycles. The second kappa shape index (κ2) is 15.2. The summed E-state index contributed by atoms with van der Waals surface area (Å²) < 4.78 is 0. The molecule has 4 atom stereocenters. The molecule has 0 aromatic rings. The van der Waals surface area contributed by atoms with E-state index in [0.717, 1.165) is 19.3 Å². The van der Waals surface area contributed by atoms with Crippen LogP contribution in [-0.4, -0.2) is 50.6 Å². The van der Waals surface area contributed by atoms with Crippen molar-refractivity contribution < 1.29 is 24.9 Å². The van der Waals surface area contributed by atoms with Crippen LogP contribution >= 0.6 is 0 Å². The van der Waals surface area contributed by atoms with E-state index in [1.165, 1.54) is 0 Å². The second-order valence-corrected chi connectivity index (χ2v) is 6.67. The van der Waals surface area contributed by atoms with Crippen molar-refractivity contribution in [1.29, 1.82) is 0 Å². The van der Waals surface area contributed by atoms with Gasteiger partial charge in [0.25, 0.3) is 0 Å². The number of hydrogen-bond acceptors (Lipinski definition) is 7. The van der Waals surface area contributed by atoms with Crippen LogP contribution in [0.2, 0.25) is 0 Å². The van der Waals surface area contributed by atoms with Crippen molar-refractivity contribution in [3.8, 4) is 0 Å². The molecule has 155 valence electrons. The minimum Gasteiger partial charge on any atom is -0.386 e. The number of nitrogens with zero attached hydrogens (tertiary/aromatic N) is 2. The summed E-state index contributed by atoms with van der Waals surface area (Å²) in [6.07, 6.45) is 6.69. The zero-order valence-electron chi connectivity index (χ0n) is 15.9. The van der Waals surface area contributed by atoms with Crippen LogP contribution in [0.5, 0.6) is 0 Å². The van der Waals surface area contributed by atoms with Crippen molar-refractivity contribution in [2.75, 3.05) is 0 Å². The summed E-state index contributed by atoms with van der Waals surface area (Å²) in [6.45, 7) is 1.96. The first-order valence-electron chi connectivity index (χ1n) is 9.48. The highest BCUT2D eigenvalue weighted by molar-refractivity contribution is 5.50. The van der Waals surface area contributed by atoms with E-state index in [9.17, 15) is 35.2 Å². The predicted octanol–water partition coefficient (Wildman–Crippen LogP) is 2.59. The Kier molecular flexibility index (Phi) is 14.2. The zero-order chi connectivity index (χ0) is 20.7. The highest BCUT2D eigenvalue weighted by Gasteiger charge is 2.36. The van der Waals surface area contributed by atoms with Gasteiger partial charge in [0.2, 0.25) is 12.1 Å². The smallest absolute Gasteiger partial charge is 0.242 e. The summed E-state index contributed by atoms with van der Waals surface area (Å²) in [4.78, 5) is 31.2. The summed E-state index contributed by atoms with van der Waals surface area (Å²) in [6, 6.07) is -2.56. The molecule has 0 rings (SSSR count). The molecule has 0 spiro atoms. The molecule has 9 nitrogen and oxygen atoms in total. The quantitative estimate of drug-likeness (QED) is 0.169. The summed E-state index contributed by atoms with van der Waals surface area (Å²) in [5.74, 6) is 0. The van der Waals surface area contributed by atoms with Crippen molar-refractivity contribution in [1.82, 2.24) is 0 Å². The van der Waals surface area contributed by atoms with Crippen LogP contribution in [0.4, 0.5) is 0 Å². The van der Waals surface area contributed by atoms with Gasteiger partial charge >= 0.3 is 0 Å². The Hall–Kier alpha value is -1.87. The van der Waals surface area contributed by atoms with E-state index < -0.39 is 40.6 Å². The standard InChI is InChI=1S/C18H31N2O7/c1-2-3-8-11-15(19(24)25)17(22)14-18(23)16(20(26)27)12-9-6-4-5-7-10-13-21/h6,9,15-18,22-23H,2-5,7-8,10-12,14H2,1H3/b9-6-. The van der Waals surface area contributed by atoms with Crippen molar-refractivity contribution >= 4 is 6.29 Å². The summed E-state index contributed by atoms with van der Waals surface area (Å²) in [7, 11) is 0. The van der Waals surface area contributed by atoms with Crippen molar-refractivity contribution in [3.63, 3.8) is 0 Å². The average Bonchev–Trinajstić information content (AvgIpc) is 2.60. The van der Waals surface area contributed by atoms with E-state index in [4.69, 9.17) is 0 Å². The van der Waals surface area contributed by atoms with Crippen LogP contribution in [0.15, 0.2) is 12.2 Å². The first kappa shape index (κ1) is 25.1. The number of rotatable bonds is 17. The summed E-state index contributed by atoms with van der Waals surface area (Å²) in [5, 5.41) is 42.6. The number of unbranched alkanes of at least 4 members (excludes halogenated alkanes) is 5. The lowest BCUT2D eigenvalue weighted by Gasteiger charge is -2.20. The topological polar surface area (TPSA) is 144 Å². The zero-order valence-corrected chi connectivity index (χ0v) is 15.9. The van der Waals surface area contributed by atoms with Gasteiger partial charge in [-0.25, -0.2) is 0 Å². The third-order valence-electron chi connectivity index (χ3n) is 4.46. The molecule has 0 saturated carbocycles. The largest absolute Gasteiger partial charge is 0.386 e. The van der Waals surface area contributed by atoms with E-state index >= 15 is 0 Å². The third kappa shape index (κ3) is 11.4. The van der Waals surface area contributed by atoms with Crippen LogP contribution in [-0.2, 0) is 4.79 Å².